The number of carbonyl (C=O) groups is 2. The smallest absolute Gasteiger partial charge is 0.421 e. The van der Waals surface area contributed by atoms with Crippen LogP contribution in [0.4, 0.5) is 23.2 Å². The van der Waals surface area contributed by atoms with Crippen LogP contribution in [0.25, 0.3) is 0 Å². The summed E-state index contributed by atoms with van der Waals surface area (Å²) in [6, 6.07) is 4.60. The van der Waals surface area contributed by atoms with E-state index in [2.05, 4.69) is 20.2 Å². The molecule has 1 amide bonds. The Morgan fingerprint density at radius 3 is 2.53 bits per heavy atom. The van der Waals surface area contributed by atoms with Crippen LogP contribution in [-0.4, -0.2) is 63.2 Å². The van der Waals surface area contributed by atoms with Gasteiger partial charge in [-0.25, -0.2) is 19.2 Å². The summed E-state index contributed by atoms with van der Waals surface area (Å²) in [5.74, 6) is -4.61. The molecular formula is C27H21ClF4N6O5. The van der Waals surface area contributed by atoms with Gasteiger partial charge in [0.25, 0.3) is 5.91 Å². The zero-order chi connectivity index (χ0) is 30.7. The lowest BCUT2D eigenvalue weighted by Gasteiger charge is -2.29. The normalized spacial score (nSPS) is 14.9. The van der Waals surface area contributed by atoms with Crippen LogP contribution in [0.1, 0.15) is 38.4 Å². The van der Waals surface area contributed by atoms with Crippen molar-refractivity contribution in [2.45, 2.75) is 25.2 Å². The maximum Gasteiger partial charge on any atom is 0.421 e. The van der Waals surface area contributed by atoms with E-state index >= 15 is 4.39 Å². The van der Waals surface area contributed by atoms with Gasteiger partial charge in [-0.15, -0.1) is 0 Å². The topological polar surface area (TPSA) is 122 Å². The number of methoxy groups -OCH3 is 1. The first-order valence-corrected chi connectivity index (χ1v) is 13.0. The first kappa shape index (κ1) is 29.8. The van der Waals surface area contributed by atoms with Crippen molar-refractivity contribution in [2.75, 3.05) is 25.2 Å². The van der Waals surface area contributed by atoms with E-state index in [1.165, 1.54) is 30.7 Å². The fourth-order valence-corrected chi connectivity index (χ4v) is 4.49. The van der Waals surface area contributed by atoms with Gasteiger partial charge < -0.3 is 19.1 Å². The van der Waals surface area contributed by atoms with Crippen LogP contribution < -0.4 is 9.64 Å². The quantitative estimate of drug-likeness (QED) is 0.199. The third kappa shape index (κ3) is 6.57. The predicted molar refractivity (Wildman–Crippen MR) is 141 cm³/mol. The van der Waals surface area contributed by atoms with Gasteiger partial charge >= 0.3 is 12.1 Å². The summed E-state index contributed by atoms with van der Waals surface area (Å²) >= 11 is 5.90. The standard InChI is InChI=1S/C27H21ClF4N6O5/c1-41-26(40)18-9-23(43-24-19(27(30,31)32)8-15(11-34-24)13-37-35-5-6-36-37)20(29)10-22(18)38(17-4-7-42-14-17)25(39)21-3-2-16(28)12-33-21/h2-3,5-6,8-12,17H,4,7,13-14H2,1H3/t17-/m1/s1. The minimum Gasteiger partial charge on any atom is -0.465 e. The molecule has 1 aromatic carbocycles. The molecule has 0 N–H and O–H groups in total. The highest BCUT2D eigenvalue weighted by Gasteiger charge is 2.37. The van der Waals surface area contributed by atoms with Crippen LogP contribution in [0.5, 0.6) is 11.6 Å². The second-order valence-electron chi connectivity index (χ2n) is 9.20. The van der Waals surface area contributed by atoms with Crippen molar-refractivity contribution in [3.8, 4) is 11.6 Å². The molecule has 1 aliphatic heterocycles. The Kier molecular flexibility index (Phi) is 8.54. The molecular weight excluding hydrogens is 600 g/mol. The van der Waals surface area contributed by atoms with Gasteiger partial charge in [0.05, 0.1) is 55.0 Å². The minimum atomic E-state index is -4.94. The van der Waals surface area contributed by atoms with E-state index in [0.29, 0.717) is 6.42 Å². The summed E-state index contributed by atoms with van der Waals surface area (Å²) in [4.78, 5) is 36.6. The third-order valence-electron chi connectivity index (χ3n) is 6.36. The molecule has 4 heterocycles. The molecule has 43 heavy (non-hydrogen) atoms. The minimum absolute atomic E-state index is 0.0581. The Hall–Kier alpha value is -4.63. The molecule has 224 valence electrons. The molecule has 4 aromatic rings. The maximum atomic E-state index is 15.6. The van der Waals surface area contributed by atoms with Gasteiger partial charge in [-0.05, 0) is 30.2 Å². The number of anilines is 1. The van der Waals surface area contributed by atoms with Crippen molar-refractivity contribution in [3.63, 3.8) is 0 Å². The van der Waals surface area contributed by atoms with Crippen molar-refractivity contribution < 1.29 is 41.4 Å². The molecule has 1 fully saturated rings. The number of nitrogens with zero attached hydrogens (tertiary/aromatic N) is 6. The first-order valence-electron chi connectivity index (χ1n) is 12.6. The second-order valence-corrected chi connectivity index (χ2v) is 9.64. The average molecular weight is 621 g/mol. The summed E-state index contributed by atoms with van der Waals surface area (Å²) in [5.41, 5.74) is -1.83. The molecule has 0 unspecified atom stereocenters. The molecule has 0 radical (unpaired) electrons. The van der Waals surface area contributed by atoms with E-state index < -0.39 is 47.1 Å². The maximum absolute atomic E-state index is 15.6. The molecule has 3 aromatic heterocycles. The van der Waals surface area contributed by atoms with Gasteiger partial charge in [-0.1, -0.05) is 11.6 Å². The number of halogens is 5. The lowest BCUT2D eigenvalue weighted by Crippen LogP contribution is -2.42. The Morgan fingerprint density at radius 1 is 1.14 bits per heavy atom. The van der Waals surface area contributed by atoms with Crippen molar-refractivity contribution in [1.29, 1.82) is 0 Å². The summed E-state index contributed by atoms with van der Waals surface area (Å²) in [7, 11) is 1.05. The van der Waals surface area contributed by atoms with Gasteiger partial charge in [-0.2, -0.15) is 28.2 Å². The highest BCUT2D eigenvalue weighted by atomic mass is 35.5. The second kappa shape index (κ2) is 12.3. The SMILES string of the molecule is COC(=O)c1cc(Oc2ncc(Cn3nccn3)cc2C(F)(F)F)c(F)cc1N(C(=O)c1ccc(Cl)cn1)[C@@H]1CCOC1. The highest BCUT2D eigenvalue weighted by molar-refractivity contribution is 6.30. The van der Waals surface area contributed by atoms with Gasteiger partial charge in [0.1, 0.15) is 11.3 Å². The summed E-state index contributed by atoms with van der Waals surface area (Å²) in [6.07, 6.45) is 0.483. The fraction of sp³-hybridized carbons (Fsp3) is 0.259. The van der Waals surface area contributed by atoms with Crippen molar-refractivity contribution >= 4 is 29.2 Å². The molecule has 16 heteroatoms. The number of alkyl halides is 3. The van der Waals surface area contributed by atoms with Crippen molar-refractivity contribution in [2.24, 2.45) is 0 Å². The molecule has 0 aliphatic carbocycles. The van der Waals surface area contributed by atoms with E-state index in [1.807, 2.05) is 0 Å². The van der Waals surface area contributed by atoms with Crippen LogP contribution in [-0.2, 0) is 22.2 Å². The van der Waals surface area contributed by atoms with Crippen LogP contribution in [0.2, 0.25) is 5.02 Å². The Balaban J connectivity index is 1.56. The number of carbonyl (C=O) groups excluding carboxylic acids is 2. The number of hydrogen-bond donors (Lipinski definition) is 0. The number of amides is 1. The van der Waals surface area contributed by atoms with E-state index in [9.17, 15) is 22.8 Å². The number of ether oxygens (including phenoxy) is 3. The molecule has 0 saturated carbocycles. The van der Waals surface area contributed by atoms with Crippen LogP contribution in [0.3, 0.4) is 0 Å². The monoisotopic (exact) mass is 620 g/mol. The predicted octanol–water partition coefficient (Wildman–Crippen LogP) is 4.94. The molecule has 1 saturated heterocycles. The van der Waals surface area contributed by atoms with Crippen molar-refractivity contribution in [3.05, 3.63) is 88.3 Å². The van der Waals surface area contributed by atoms with Gasteiger partial charge in [0.15, 0.2) is 11.6 Å². The third-order valence-corrected chi connectivity index (χ3v) is 6.59. The molecule has 1 atom stereocenters. The zero-order valence-electron chi connectivity index (χ0n) is 22.2. The highest BCUT2D eigenvalue weighted by Crippen LogP contribution is 2.40. The van der Waals surface area contributed by atoms with Crippen LogP contribution >= 0.6 is 11.6 Å². The van der Waals surface area contributed by atoms with Gasteiger partial charge in [0.2, 0.25) is 5.88 Å². The van der Waals surface area contributed by atoms with E-state index in [1.54, 1.807) is 0 Å². The van der Waals surface area contributed by atoms with Crippen LogP contribution in [0.15, 0.2) is 55.1 Å². The molecule has 0 bridgehead atoms. The lowest BCUT2D eigenvalue weighted by atomic mass is 10.1. The fourth-order valence-electron chi connectivity index (χ4n) is 4.38. The van der Waals surface area contributed by atoms with Crippen molar-refractivity contribution in [1.82, 2.24) is 25.0 Å². The average Bonchev–Trinajstić information content (AvgIpc) is 3.70. The molecule has 11 nitrogen and oxygen atoms in total. The Morgan fingerprint density at radius 2 is 1.91 bits per heavy atom. The van der Waals surface area contributed by atoms with Gasteiger partial charge in [0, 0.05) is 31.1 Å². The number of benzene rings is 1. The number of pyridine rings is 2. The van der Waals surface area contributed by atoms with Gasteiger partial charge in [-0.3, -0.25) is 4.79 Å². The summed E-state index contributed by atoms with van der Waals surface area (Å²) < 4.78 is 73.2. The number of aromatic nitrogens is 5. The Bertz CT molecular complexity index is 1630. The van der Waals surface area contributed by atoms with E-state index in [0.717, 1.165) is 41.2 Å². The number of rotatable bonds is 8. The molecule has 1 aliphatic rings. The Labute approximate surface area is 246 Å². The zero-order valence-corrected chi connectivity index (χ0v) is 23.0. The first-order chi connectivity index (χ1) is 20.5. The van der Waals surface area contributed by atoms with Crippen LogP contribution in [0, 0.1) is 5.82 Å². The summed E-state index contributed by atoms with van der Waals surface area (Å²) in [5, 5.41) is 7.98. The summed E-state index contributed by atoms with van der Waals surface area (Å²) in [6.45, 7) is 0.243. The van der Waals surface area contributed by atoms with E-state index in [4.69, 9.17) is 25.8 Å². The molecule has 5 rings (SSSR count). The lowest BCUT2D eigenvalue weighted by molar-refractivity contribution is -0.139. The largest absolute Gasteiger partial charge is 0.465 e. The number of hydrogen-bond acceptors (Lipinski definition) is 9. The van der Waals surface area contributed by atoms with E-state index in [-0.39, 0.29) is 47.3 Å². The molecule has 0 spiro atoms. The number of esters is 1.